The average Bonchev–Trinajstić information content (AvgIpc) is 3.13. The lowest BCUT2D eigenvalue weighted by atomic mass is 10.1. The van der Waals surface area contributed by atoms with Crippen LogP contribution in [0.3, 0.4) is 0 Å². The number of carbonyl (C=O) groups is 2. The molecule has 1 atom stereocenters. The van der Waals surface area contributed by atoms with Crippen molar-refractivity contribution in [1.82, 2.24) is 4.90 Å². The van der Waals surface area contributed by atoms with E-state index in [1.165, 1.54) is 7.11 Å². The van der Waals surface area contributed by atoms with E-state index >= 15 is 0 Å². The van der Waals surface area contributed by atoms with Crippen LogP contribution in [0, 0.1) is 5.92 Å². The maximum atomic E-state index is 12.7. The molecule has 154 valence electrons. The number of para-hydroxylation sites is 1. The molecule has 0 aliphatic carbocycles. The van der Waals surface area contributed by atoms with E-state index in [2.05, 4.69) is 5.32 Å². The second-order valence-corrected chi connectivity index (χ2v) is 6.86. The molecular formula is C22H26N2O5. The molecule has 0 spiro atoms. The standard InChI is InChI=1S/C22H26N2O5/c1-27-17-8-9-18(20(13-17)29-3)23-22(26)16-12-21(25)24(14-16)11-10-15-6-4-5-7-19(15)28-2/h4-9,13,16H,10-12,14H2,1-3H3,(H,23,26). The number of anilines is 1. The number of amides is 2. The van der Waals surface area contributed by atoms with Gasteiger partial charge in [0.05, 0.1) is 32.9 Å². The number of methoxy groups -OCH3 is 3. The van der Waals surface area contributed by atoms with Crippen LogP contribution in [0.1, 0.15) is 12.0 Å². The van der Waals surface area contributed by atoms with Crippen LogP contribution in [0.5, 0.6) is 17.2 Å². The van der Waals surface area contributed by atoms with E-state index in [4.69, 9.17) is 14.2 Å². The molecule has 1 fully saturated rings. The Morgan fingerprint density at radius 3 is 2.55 bits per heavy atom. The van der Waals surface area contributed by atoms with Crippen molar-refractivity contribution in [3.05, 3.63) is 48.0 Å². The monoisotopic (exact) mass is 398 g/mol. The summed E-state index contributed by atoms with van der Waals surface area (Å²) in [7, 11) is 4.73. The van der Waals surface area contributed by atoms with Crippen molar-refractivity contribution in [2.45, 2.75) is 12.8 Å². The summed E-state index contributed by atoms with van der Waals surface area (Å²) in [6.45, 7) is 0.952. The van der Waals surface area contributed by atoms with Crippen molar-refractivity contribution in [2.75, 3.05) is 39.7 Å². The molecular weight excluding hydrogens is 372 g/mol. The molecule has 0 aromatic heterocycles. The van der Waals surface area contributed by atoms with Crippen LogP contribution < -0.4 is 19.5 Å². The number of carbonyl (C=O) groups excluding carboxylic acids is 2. The van der Waals surface area contributed by atoms with E-state index in [9.17, 15) is 9.59 Å². The van der Waals surface area contributed by atoms with Gasteiger partial charge in [-0.15, -0.1) is 0 Å². The van der Waals surface area contributed by atoms with Gasteiger partial charge in [-0.2, -0.15) is 0 Å². The van der Waals surface area contributed by atoms with Crippen molar-refractivity contribution in [1.29, 1.82) is 0 Å². The zero-order valence-corrected chi connectivity index (χ0v) is 16.9. The second kappa shape index (κ2) is 9.32. The van der Waals surface area contributed by atoms with E-state index in [1.54, 1.807) is 37.3 Å². The summed E-state index contributed by atoms with van der Waals surface area (Å²) in [5, 5.41) is 2.87. The summed E-state index contributed by atoms with van der Waals surface area (Å²) < 4.78 is 15.9. The van der Waals surface area contributed by atoms with Crippen molar-refractivity contribution >= 4 is 17.5 Å². The largest absolute Gasteiger partial charge is 0.497 e. The molecule has 0 bridgehead atoms. The Kier molecular flexibility index (Phi) is 6.59. The number of nitrogens with one attached hydrogen (secondary N) is 1. The maximum absolute atomic E-state index is 12.7. The van der Waals surface area contributed by atoms with Crippen LogP contribution in [0.15, 0.2) is 42.5 Å². The summed E-state index contributed by atoms with van der Waals surface area (Å²) in [5.74, 6) is 1.35. The smallest absolute Gasteiger partial charge is 0.229 e. The molecule has 0 radical (unpaired) electrons. The maximum Gasteiger partial charge on any atom is 0.229 e. The Hall–Kier alpha value is -3.22. The first-order chi connectivity index (χ1) is 14.0. The number of hydrogen-bond donors (Lipinski definition) is 1. The molecule has 2 aromatic rings. The summed E-state index contributed by atoms with van der Waals surface area (Å²) in [6.07, 6.45) is 0.882. The first-order valence-electron chi connectivity index (χ1n) is 9.48. The minimum Gasteiger partial charge on any atom is -0.497 e. The number of likely N-dealkylation sites (tertiary alicyclic amines) is 1. The first-order valence-corrected chi connectivity index (χ1v) is 9.48. The predicted molar refractivity (Wildman–Crippen MR) is 110 cm³/mol. The van der Waals surface area contributed by atoms with E-state index in [-0.39, 0.29) is 18.2 Å². The third kappa shape index (κ3) is 4.80. The third-order valence-electron chi connectivity index (χ3n) is 5.10. The van der Waals surface area contributed by atoms with Gasteiger partial charge in [-0.3, -0.25) is 9.59 Å². The molecule has 0 saturated carbocycles. The van der Waals surface area contributed by atoms with Gasteiger partial charge in [-0.05, 0) is 30.2 Å². The average molecular weight is 398 g/mol. The summed E-state index contributed by atoms with van der Waals surface area (Å²) in [6, 6.07) is 12.9. The number of rotatable bonds is 8. The van der Waals surface area contributed by atoms with Gasteiger partial charge in [0.1, 0.15) is 17.2 Å². The first kappa shape index (κ1) is 20.5. The van der Waals surface area contributed by atoms with Gasteiger partial charge in [0.15, 0.2) is 0 Å². The molecule has 1 heterocycles. The minimum absolute atomic E-state index is 0.0123. The SMILES string of the molecule is COc1ccc(NC(=O)C2CC(=O)N(CCc3ccccc3OC)C2)c(OC)c1. The molecule has 3 rings (SSSR count). The quantitative estimate of drug-likeness (QED) is 0.740. The number of benzene rings is 2. The summed E-state index contributed by atoms with van der Waals surface area (Å²) in [4.78, 5) is 26.8. The fourth-order valence-corrected chi connectivity index (χ4v) is 3.47. The summed E-state index contributed by atoms with van der Waals surface area (Å²) in [5.41, 5.74) is 1.59. The second-order valence-electron chi connectivity index (χ2n) is 6.86. The van der Waals surface area contributed by atoms with Crippen LogP contribution >= 0.6 is 0 Å². The molecule has 1 aliphatic rings. The molecule has 1 unspecified atom stereocenters. The minimum atomic E-state index is -0.396. The topological polar surface area (TPSA) is 77.1 Å². The molecule has 2 amide bonds. The highest BCUT2D eigenvalue weighted by Gasteiger charge is 2.34. The molecule has 2 aromatic carbocycles. The molecule has 7 heteroatoms. The van der Waals surface area contributed by atoms with Crippen LogP contribution in [-0.2, 0) is 16.0 Å². The van der Waals surface area contributed by atoms with Gasteiger partial charge in [-0.25, -0.2) is 0 Å². The van der Waals surface area contributed by atoms with Gasteiger partial charge >= 0.3 is 0 Å². The molecule has 7 nitrogen and oxygen atoms in total. The van der Waals surface area contributed by atoms with E-state index < -0.39 is 5.92 Å². The van der Waals surface area contributed by atoms with E-state index in [1.807, 2.05) is 24.3 Å². The van der Waals surface area contributed by atoms with E-state index in [0.29, 0.717) is 36.7 Å². The number of nitrogens with zero attached hydrogens (tertiary/aromatic N) is 1. The van der Waals surface area contributed by atoms with Gasteiger partial charge in [0, 0.05) is 25.6 Å². The zero-order chi connectivity index (χ0) is 20.8. The van der Waals surface area contributed by atoms with Crippen LogP contribution in [0.25, 0.3) is 0 Å². The summed E-state index contributed by atoms with van der Waals surface area (Å²) >= 11 is 0. The lowest BCUT2D eigenvalue weighted by Crippen LogP contribution is -2.30. The number of hydrogen-bond acceptors (Lipinski definition) is 5. The molecule has 29 heavy (non-hydrogen) atoms. The lowest BCUT2D eigenvalue weighted by molar-refractivity contribution is -0.128. The van der Waals surface area contributed by atoms with Crippen molar-refractivity contribution in [3.8, 4) is 17.2 Å². The van der Waals surface area contributed by atoms with Crippen LogP contribution in [-0.4, -0.2) is 51.1 Å². The Bertz CT molecular complexity index is 883. The van der Waals surface area contributed by atoms with Gasteiger partial charge < -0.3 is 24.4 Å². The highest BCUT2D eigenvalue weighted by atomic mass is 16.5. The van der Waals surface area contributed by atoms with Gasteiger partial charge in [0.2, 0.25) is 11.8 Å². The fraction of sp³-hybridized carbons (Fsp3) is 0.364. The van der Waals surface area contributed by atoms with Gasteiger partial charge in [0.25, 0.3) is 0 Å². The fourth-order valence-electron chi connectivity index (χ4n) is 3.47. The Morgan fingerprint density at radius 2 is 1.83 bits per heavy atom. The third-order valence-corrected chi connectivity index (χ3v) is 5.10. The highest BCUT2D eigenvalue weighted by Crippen LogP contribution is 2.30. The van der Waals surface area contributed by atoms with Crippen LogP contribution in [0.2, 0.25) is 0 Å². The Balaban J connectivity index is 1.60. The predicted octanol–water partition coefficient (Wildman–Crippen LogP) is 2.74. The molecule has 1 aliphatic heterocycles. The highest BCUT2D eigenvalue weighted by molar-refractivity contribution is 5.98. The van der Waals surface area contributed by atoms with Gasteiger partial charge in [-0.1, -0.05) is 18.2 Å². The normalized spacial score (nSPS) is 15.9. The van der Waals surface area contributed by atoms with Crippen LogP contribution in [0.4, 0.5) is 5.69 Å². The van der Waals surface area contributed by atoms with Crippen molar-refractivity contribution in [2.24, 2.45) is 5.92 Å². The Morgan fingerprint density at radius 1 is 1.07 bits per heavy atom. The zero-order valence-electron chi connectivity index (χ0n) is 16.9. The molecule has 1 saturated heterocycles. The van der Waals surface area contributed by atoms with E-state index in [0.717, 1.165) is 11.3 Å². The molecule has 1 N–H and O–H groups in total. The van der Waals surface area contributed by atoms with Crippen molar-refractivity contribution in [3.63, 3.8) is 0 Å². The van der Waals surface area contributed by atoms with Crippen molar-refractivity contribution < 1.29 is 23.8 Å². The number of ether oxygens (including phenoxy) is 3. The lowest BCUT2D eigenvalue weighted by Gasteiger charge is -2.18. The Labute approximate surface area is 170 Å².